The molecule has 3 rings (SSSR count). The quantitative estimate of drug-likeness (QED) is 0.593. The van der Waals surface area contributed by atoms with Gasteiger partial charge in [-0.15, -0.1) is 0 Å². The second-order valence-corrected chi connectivity index (χ2v) is 6.89. The van der Waals surface area contributed by atoms with E-state index in [1.807, 2.05) is 12.1 Å². The number of rotatable bonds is 6. The van der Waals surface area contributed by atoms with E-state index in [1.54, 1.807) is 38.3 Å². The zero-order valence-corrected chi connectivity index (χ0v) is 16.2. The molecule has 0 radical (unpaired) electrons. The number of hydrogen-bond acceptors (Lipinski definition) is 4. The molecule has 1 aliphatic carbocycles. The number of ether oxygens (including phenoxy) is 1. The average molecular weight is 379 g/mol. The average Bonchev–Trinajstić information content (AvgIpc) is 2.72. The van der Waals surface area contributed by atoms with Crippen LogP contribution in [0.2, 0.25) is 0 Å². The summed E-state index contributed by atoms with van der Waals surface area (Å²) in [5, 5.41) is 7.02. The Morgan fingerprint density at radius 2 is 1.82 bits per heavy atom. The summed E-state index contributed by atoms with van der Waals surface area (Å²) in [4.78, 5) is 24.5. The number of nitrogens with zero attached hydrogens (tertiary/aromatic N) is 1. The van der Waals surface area contributed by atoms with E-state index in [1.165, 1.54) is 17.5 Å². The standard InChI is InChI=1S/C22H25N3O3/c1-15(24-25-22(27)17-10-12-18(28-2)13-11-17)14-21(26)23-20-9-5-7-16-6-3-4-8-19(16)20/h5,7,9-13H,3-4,6,8,14H2,1-2H3,(H,23,26)(H,25,27)/b24-15+. The van der Waals surface area contributed by atoms with Crippen LogP contribution in [0.1, 0.15) is 47.7 Å². The van der Waals surface area contributed by atoms with E-state index in [-0.39, 0.29) is 18.2 Å². The molecule has 0 unspecified atom stereocenters. The van der Waals surface area contributed by atoms with Gasteiger partial charge in [-0.2, -0.15) is 5.10 Å². The SMILES string of the molecule is COc1ccc(C(=O)N/N=C(\C)CC(=O)Nc2cccc3c2CCCC3)cc1. The minimum Gasteiger partial charge on any atom is -0.497 e. The Kier molecular flexibility index (Phi) is 6.42. The summed E-state index contributed by atoms with van der Waals surface area (Å²) in [5.74, 6) is 0.203. The number of amides is 2. The molecule has 1 aliphatic rings. The Bertz CT molecular complexity index is 888. The number of benzene rings is 2. The number of carbonyl (C=O) groups is 2. The van der Waals surface area contributed by atoms with Crippen LogP contribution in [0.25, 0.3) is 0 Å². The molecule has 0 spiro atoms. The molecule has 0 aromatic heterocycles. The van der Waals surface area contributed by atoms with Gasteiger partial charge in [-0.05, 0) is 74.1 Å². The van der Waals surface area contributed by atoms with Crippen LogP contribution in [0.4, 0.5) is 5.69 Å². The Morgan fingerprint density at radius 3 is 2.57 bits per heavy atom. The predicted molar refractivity (Wildman–Crippen MR) is 110 cm³/mol. The van der Waals surface area contributed by atoms with Crippen molar-refractivity contribution in [1.82, 2.24) is 5.43 Å². The molecule has 6 heteroatoms. The van der Waals surface area contributed by atoms with E-state index in [0.29, 0.717) is 17.0 Å². The number of anilines is 1. The maximum absolute atomic E-state index is 12.4. The van der Waals surface area contributed by atoms with Crippen molar-refractivity contribution >= 4 is 23.2 Å². The highest BCUT2D eigenvalue weighted by atomic mass is 16.5. The third-order valence-electron chi connectivity index (χ3n) is 4.79. The lowest BCUT2D eigenvalue weighted by atomic mass is 9.90. The third-order valence-corrected chi connectivity index (χ3v) is 4.79. The highest BCUT2D eigenvalue weighted by Crippen LogP contribution is 2.27. The lowest BCUT2D eigenvalue weighted by molar-refractivity contribution is -0.115. The van der Waals surface area contributed by atoms with Crippen LogP contribution in [0.15, 0.2) is 47.6 Å². The Hall–Kier alpha value is -3.15. The molecule has 6 nitrogen and oxygen atoms in total. The number of methoxy groups -OCH3 is 1. The lowest BCUT2D eigenvalue weighted by Gasteiger charge is -2.19. The summed E-state index contributed by atoms with van der Waals surface area (Å²) in [6.45, 7) is 1.72. The molecule has 0 atom stereocenters. The van der Waals surface area contributed by atoms with Gasteiger partial charge in [0.05, 0.1) is 13.5 Å². The number of nitrogens with one attached hydrogen (secondary N) is 2. The van der Waals surface area contributed by atoms with Crippen LogP contribution in [-0.2, 0) is 17.6 Å². The first-order valence-corrected chi connectivity index (χ1v) is 9.45. The maximum atomic E-state index is 12.4. The zero-order valence-electron chi connectivity index (χ0n) is 16.2. The molecule has 0 saturated heterocycles. The summed E-state index contributed by atoms with van der Waals surface area (Å²) < 4.78 is 5.07. The van der Waals surface area contributed by atoms with Crippen LogP contribution in [0.5, 0.6) is 5.75 Å². The highest BCUT2D eigenvalue weighted by Gasteiger charge is 2.15. The van der Waals surface area contributed by atoms with Gasteiger partial charge in [0, 0.05) is 17.0 Å². The molecule has 0 aliphatic heterocycles. The van der Waals surface area contributed by atoms with Crippen molar-refractivity contribution in [3.63, 3.8) is 0 Å². The molecule has 0 saturated carbocycles. The monoisotopic (exact) mass is 379 g/mol. The van der Waals surface area contributed by atoms with E-state index >= 15 is 0 Å². The Balaban J connectivity index is 1.55. The van der Waals surface area contributed by atoms with Crippen molar-refractivity contribution in [2.45, 2.75) is 39.0 Å². The van der Waals surface area contributed by atoms with E-state index in [0.717, 1.165) is 24.9 Å². The first-order chi connectivity index (χ1) is 13.6. The summed E-state index contributed by atoms with van der Waals surface area (Å²) in [6.07, 6.45) is 4.53. The minimum absolute atomic E-state index is 0.118. The summed E-state index contributed by atoms with van der Waals surface area (Å²) in [6, 6.07) is 12.8. The van der Waals surface area contributed by atoms with Crippen molar-refractivity contribution in [2.75, 3.05) is 12.4 Å². The van der Waals surface area contributed by atoms with Gasteiger partial charge in [-0.25, -0.2) is 5.43 Å². The number of aryl methyl sites for hydroxylation is 1. The van der Waals surface area contributed by atoms with Crippen molar-refractivity contribution in [3.8, 4) is 5.75 Å². The van der Waals surface area contributed by atoms with Gasteiger partial charge in [-0.3, -0.25) is 9.59 Å². The molecule has 0 fully saturated rings. The molecule has 28 heavy (non-hydrogen) atoms. The van der Waals surface area contributed by atoms with Crippen LogP contribution in [0, 0.1) is 0 Å². The molecule has 146 valence electrons. The number of carbonyl (C=O) groups excluding carboxylic acids is 2. The van der Waals surface area contributed by atoms with Crippen molar-refractivity contribution < 1.29 is 14.3 Å². The Morgan fingerprint density at radius 1 is 1.07 bits per heavy atom. The van der Waals surface area contributed by atoms with Crippen LogP contribution in [-0.4, -0.2) is 24.6 Å². The first-order valence-electron chi connectivity index (χ1n) is 9.45. The number of fused-ring (bicyclic) bond motifs is 1. The molecule has 2 N–H and O–H groups in total. The van der Waals surface area contributed by atoms with E-state index in [9.17, 15) is 9.59 Å². The molecular formula is C22H25N3O3. The van der Waals surface area contributed by atoms with E-state index in [4.69, 9.17) is 4.74 Å². The van der Waals surface area contributed by atoms with Gasteiger partial charge in [-0.1, -0.05) is 12.1 Å². The maximum Gasteiger partial charge on any atom is 0.271 e. The highest BCUT2D eigenvalue weighted by molar-refractivity contribution is 6.06. The van der Waals surface area contributed by atoms with Gasteiger partial charge in [0.15, 0.2) is 0 Å². The predicted octanol–water partition coefficient (Wildman–Crippen LogP) is 3.71. The van der Waals surface area contributed by atoms with Gasteiger partial charge < -0.3 is 10.1 Å². The summed E-state index contributed by atoms with van der Waals surface area (Å²) in [5.41, 5.74) is 6.93. The van der Waals surface area contributed by atoms with Crippen molar-refractivity contribution in [3.05, 3.63) is 59.2 Å². The molecule has 0 heterocycles. The van der Waals surface area contributed by atoms with E-state index in [2.05, 4.69) is 21.9 Å². The minimum atomic E-state index is -0.334. The normalized spacial score (nSPS) is 13.4. The number of hydrazone groups is 1. The lowest BCUT2D eigenvalue weighted by Crippen LogP contribution is -2.22. The van der Waals surface area contributed by atoms with Crippen LogP contribution in [0.3, 0.4) is 0 Å². The third kappa shape index (κ3) is 4.97. The molecular weight excluding hydrogens is 354 g/mol. The van der Waals surface area contributed by atoms with E-state index < -0.39 is 0 Å². The van der Waals surface area contributed by atoms with Crippen molar-refractivity contribution in [1.29, 1.82) is 0 Å². The Labute approximate surface area is 165 Å². The largest absolute Gasteiger partial charge is 0.497 e. The summed E-state index contributed by atoms with van der Waals surface area (Å²) in [7, 11) is 1.57. The fraction of sp³-hybridized carbons (Fsp3) is 0.318. The smallest absolute Gasteiger partial charge is 0.271 e. The first kappa shape index (κ1) is 19.6. The second-order valence-electron chi connectivity index (χ2n) is 6.89. The van der Waals surface area contributed by atoms with Gasteiger partial charge in [0.25, 0.3) is 5.91 Å². The second kappa shape index (κ2) is 9.17. The molecule has 2 aromatic rings. The van der Waals surface area contributed by atoms with Gasteiger partial charge in [0.1, 0.15) is 5.75 Å². The van der Waals surface area contributed by atoms with Gasteiger partial charge >= 0.3 is 0 Å². The van der Waals surface area contributed by atoms with Gasteiger partial charge in [0.2, 0.25) is 5.91 Å². The molecule has 2 aromatic carbocycles. The fourth-order valence-corrected chi connectivity index (χ4v) is 3.32. The van der Waals surface area contributed by atoms with Crippen molar-refractivity contribution in [2.24, 2.45) is 5.10 Å². The molecule has 0 bridgehead atoms. The zero-order chi connectivity index (χ0) is 19.9. The topological polar surface area (TPSA) is 79.8 Å². The van der Waals surface area contributed by atoms with Crippen LogP contribution < -0.4 is 15.5 Å². The van der Waals surface area contributed by atoms with Crippen LogP contribution >= 0.6 is 0 Å². The fourth-order valence-electron chi connectivity index (χ4n) is 3.32. The molecule has 2 amide bonds. The number of hydrogen-bond donors (Lipinski definition) is 2. The summed E-state index contributed by atoms with van der Waals surface area (Å²) >= 11 is 0.